The first kappa shape index (κ1) is 11.8. The van der Waals surface area contributed by atoms with E-state index in [1.807, 2.05) is 6.92 Å². The predicted molar refractivity (Wildman–Crippen MR) is 58.0 cm³/mol. The molecular formula is C10H13NO3S. The fourth-order valence-electron chi connectivity index (χ4n) is 1.02. The van der Waals surface area contributed by atoms with Gasteiger partial charge in [-0.1, -0.05) is 6.92 Å². The summed E-state index contributed by atoms with van der Waals surface area (Å²) >= 11 is 0. The molecule has 0 aliphatic heterocycles. The summed E-state index contributed by atoms with van der Waals surface area (Å²) in [6, 6.07) is 3.32. The Morgan fingerprint density at radius 1 is 1.53 bits per heavy atom. The van der Waals surface area contributed by atoms with Crippen LogP contribution in [-0.2, 0) is 21.3 Å². The lowest BCUT2D eigenvalue weighted by Crippen LogP contribution is -2.04. The van der Waals surface area contributed by atoms with Gasteiger partial charge in [-0.15, -0.1) is 0 Å². The van der Waals surface area contributed by atoms with Gasteiger partial charge in [-0.3, -0.25) is 9.19 Å². The van der Waals surface area contributed by atoms with E-state index >= 15 is 0 Å². The van der Waals surface area contributed by atoms with Crippen molar-refractivity contribution in [1.82, 2.24) is 4.98 Å². The maximum Gasteiger partial charge on any atom is 0.339 e. The van der Waals surface area contributed by atoms with Crippen LogP contribution in [0.5, 0.6) is 0 Å². The number of carbonyl (C=O) groups is 1. The molecular weight excluding hydrogens is 214 g/mol. The van der Waals surface area contributed by atoms with Gasteiger partial charge in [0.2, 0.25) is 0 Å². The smallest absolute Gasteiger partial charge is 0.339 e. The van der Waals surface area contributed by atoms with Crippen molar-refractivity contribution in [3.63, 3.8) is 0 Å². The third-order valence-electron chi connectivity index (χ3n) is 1.88. The normalized spacial score (nSPS) is 12.1. The average Bonchev–Trinajstić information content (AvgIpc) is 2.29. The molecule has 1 atom stereocenters. The third kappa shape index (κ3) is 3.43. The molecule has 5 heteroatoms. The summed E-state index contributed by atoms with van der Waals surface area (Å²) in [5.41, 5.74) is 1.13. The van der Waals surface area contributed by atoms with Gasteiger partial charge in [-0.05, 0) is 12.1 Å². The molecule has 0 saturated carbocycles. The van der Waals surface area contributed by atoms with Crippen LogP contribution in [0.3, 0.4) is 0 Å². The molecule has 82 valence electrons. The van der Waals surface area contributed by atoms with E-state index in [2.05, 4.69) is 9.72 Å². The van der Waals surface area contributed by atoms with Crippen LogP contribution >= 0.6 is 0 Å². The van der Waals surface area contributed by atoms with Crippen LogP contribution in [0.25, 0.3) is 0 Å². The Balaban J connectivity index is 2.72. The second kappa shape index (κ2) is 5.60. The van der Waals surface area contributed by atoms with Gasteiger partial charge in [-0.2, -0.15) is 0 Å². The second-order valence-electron chi connectivity index (χ2n) is 2.90. The zero-order valence-corrected chi connectivity index (χ0v) is 9.54. The molecule has 0 bridgehead atoms. The third-order valence-corrected chi connectivity index (χ3v) is 3.14. The minimum absolute atomic E-state index is 0.406. The highest BCUT2D eigenvalue weighted by atomic mass is 32.2. The van der Waals surface area contributed by atoms with Crippen LogP contribution in [0.2, 0.25) is 0 Å². The summed E-state index contributed by atoms with van der Waals surface area (Å²) in [5, 5.41) is 0. The van der Waals surface area contributed by atoms with Gasteiger partial charge in [0.1, 0.15) is 0 Å². The van der Waals surface area contributed by atoms with E-state index < -0.39 is 16.8 Å². The van der Waals surface area contributed by atoms with Gasteiger partial charge in [0, 0.05) is 22.7 Å². The van der Waals surface area contributed by atoms with E-state index in [0.717, 1.165) is 5.69 Å². The first-order chi connectivity index (χ1) is 7.17. The van der Waals surface area contributed by atoms with Gasteiger partial charge >= 0.3 is 5.97 Å². The van der Waals surface area contributed by atoms with Crippen molar-refractivity contribution in [2.24, 2.45) is 0 Å². The minimum atomic E-state index is -0.876. The fraction of sp³-hybridized carbons (Fsp3) is 0.400. The fourth-order valence-corrected chi connectivity index (χ4v) is 1.72. The zero-order chi connectivity index (χ0) is 11.3. The van der Waals surface area contributed by atoms with E-state index in [1.165, 1.54) is 13.3 Å². The summed E-state index contributed by atoms with van der Waals surface area (Å²) < 4.78 is 15.8. The Morgan fingerprint density at radius 3 is 2.73 bits per heavy atom. The molecule has 0 radical (unpaired) electrons. The molecule has 0 aliphatic rings. The average molecular weight is 227 g/mol. The summed E-state index contributed by atoms with van der Waals surface area (Å²) in [6.07, 6.45) is 1.44. The monoisotopic (exact) mass is 227 g/mol. The number of carbonyl (C=O) groups excluding carboxylic acids is 1. The van der Waals surface area contributed by atoms with Crippen molar-refractivity contribution < 1.29 is 13.7 Å². The Morgan fingerprint density at radius 2 is 2.27 bits per heavy atom. The standard InChI is InChI=1S/C10H13NO3S/c1-3-15(13)7-9-5-4-8(6-11-9)10(12)14-2/h4-6H,3,7H2,1-2H3. The summed E-state index contributed by atoms with van der Waals surface area (Å²) in [4.78, 5) is 15.1. The van der Waals surface area contributed by atoms with E-state index in [0.29, 0.717) is 17.1 Å². The van der Waals surface area contributed by atoms with Crippen LogP contribution in [-0.4, -0.2) is 28.0 Å². The first-order valence-electron chi connectivity index (χ1n) is 4.55. The molecule has 1 aromatic heterocycles. The second-order valence-corrected chi connectivity index (χ2v) is 4.65. The number of ether oxygens (including phenoxy) is 1. The molecule has 0 amide bonds. The number of esters is 1. The summed E-state index contributed by atoms with van der Waals surface area (Å²) in [6.45, 7) is 1.86. The lowest BCUT2D eigenvalue weighted by atomic mass is 10.2. The maximum atomic E-state index is 11.2. The Bertz CT molecular complexity index is 361. The molecule has 0 aliphatic carbocycles. The lowest BCUT2D eigenvalue weighted by Gasteiger charge is -2.01. The Kier molecular flexibility index (Phi) is 4.42. The first-order valence-corrected chi connectivity index (χ1v) is 6.04. The molecule has 0 aromatic carbocycles. The SMILES string of the molecule is CCS(=O)Cc1ccc(C(=O)OC)cn1. The molecule has 0 spiro atoms. The number of methoxy groups -OCH3 is 1. The Labute approximate surface area is 91.1 Å². The molecule has 15 heavy (non-hydrogen) atoms. The molecule has 0 saturated heterocycles. The molecule has 4 nitrogen and oxygen atoms in total. The van der Waals surface area contributed by atoms with Crippen LogP contribution in [0.4, 0.5) is 0 Å². The number of rotatable bonds is 4. The molecule has 1 heterocycles. The van der Waals surface area contributed by atoms with Crippen LogP contribution in [0.15, 0.2) is 18.3 Å². The summed E-state index contributed by atoms with van der Waals surface area (Å²) in [7, 11) is 0.446. The predicted octanol–water partition coefficient (Wildman–Crippen LogP) is 1.14. The molecule has 0 fully saturated rings. The maximum absolute atomic E-state index is 11.2. The van der Waals surface area contributed by atoms with Crippen LogP contribution in [0, 0.1) is 0 Å². The minimum Gasteiger partial charge on any atom is -0.465 e. The molecule has 1 rings (SSSR count). The van der Waals surface area contributed by atoms with Crippen LogP contribution in [0.1, 0.15) is 23.0 Å². The van der Waals surface area contributed by atoms with Crippen molar-refractivity contribution >= 4 is 16.8 Å². The zero-order valence-electron chi connectivity index (χ0n) is 8.73. The Hall–Kier alpha value is -1.23. The van der Waals surface area contributed by atoms with Crippen molar-refractivity contribution in [3.05, 3.63) is 29.6 Å². The van der Waals surface area contributed by atoms with E-state index in [1.54, 1.807) is 12.1 Å². The molecule has 1 unspecified atom stereocenters. The van der Waals surface area contributed by atoms with E-state index in [9.17, 15) is 9.00 Å². The highest BCUT2D eigenvalue weighted by molar-refractivity contribution is 7.84. The van der Waals surface area contributed by atoms with Gasteiger partial charge < -0.3 is 4.74 Å². The topological polar surface area (TPSA) is 56.3 Å². The van der Waals surface area contributed by atoms with Crippen molar-refractivity contribution in [1.29, 1.82) is 0 Å². The largest absolute Gasteiger partial charge is 0.465 e. The van der Waals surface area contributed by atoms with Crippen LogP contribution < -0.4 is 0 Å². The molecule has 0 N–H and O–H groups in total. The number of aromatic nitrogens is 1. The highest BCUT2D eigenvalue weighted by Gasteiger charge is 2.06. The number of nitrogens with zero attached hydrogens (tertiary/aromatic N) is 1. The lowest BCUT2D eigenvalue weighted by molar-refractivity contribution is 0.0600. The van der Waals surface area contributed by atoms with Crippen molar-refractivity contribution in [3.8, 4) is 0 Å². The van der Waals surface area contributed by atoms with Gasteiger partial charge in [0.15, 0.2) is 0 Å². The van der Waals surface area contributed by atoms with E-state index in [4.69, 9.17) is 0 Å². The van der Waals surface area contributed by atoms with Gasteiger partial charge in [-0.25, -0.2) is 4.79 Å². The quantitative estimate of drug-likeness (QED) is 0.724. The van der Waals surface area contributed by atoms with Crippen molar-refractivity contribution in [2.75, 3.05) is 12.9 Å². The van der Waals surface area contributed by atoms with Gasteiger partial charge in [0.05, 0.1) is 24.1 Å². The van der Waals surface area contributed by atoms with E-state index in [-0.39, 0.29) is 0 Å². The summed E-state index contributed by atoms with van der Waals surface area (Å²) in [5.74, 6) is 0.629. The number of hydrogen-bond acceptors (Lipinski definition) is 4. The number of hydrogen-bond donors (Lipinski definition) is 0. The highest BCUT2D eigenvalue weighted by Crippen LogP contribution is 2.04. The number of pyridine rings is 1. The van der Waals surface area contributed by atoms with Crippen molar-refractivity contribution in [2.45, 2.75) is 12.7 Å². The molecule has 1 aromatic rings. The van der Waals surface area contributed by atoms with Gasteiger partial charge in [0.25, 0.3) is 0 Å².